The predicted molar refractivity (Wildman–Crippen MR) is 116 cm³/mol. The molecule has 1 aliphatic heterocycles. The maximum absolute atomic E-state index is 12.9. The summed E-state index contributed by atoms with van der Waals surface area (Å²) in [6.45, 7) is 5.27. The number of nitrogens with one attached hydrogen (secondary N) is 1. The van der Waals surface area contributed by atoms with Gasteiger partial charge in [-0.05, 0) is 75.5 Å². The normalized spacial score (nSPS) is 32.8. The molecule has 32 heavy (non-hydrogen) atoms. The van der Waals surface area contributed by atoms with Gasteiger partial charge in [0.25, 0.3) is 5.91 Å². The molecule has 3 heterocycles. The van der Waals surface area contributed by atoms with Gasteiger partial charge in [-0.3, -0.25) is 4.79 Å². The van der Waals surface area contributed by atoms with Gasteiger partial charge in [0.15, 0.2) is 6.33 Å². The highest BCUT2D eigenvalue weighted by Gasteiger charge is 2.59. The Kier molecular flexibility index (Phi) is 4.38. The third-order valence-corrected chi connectivity index (χ3v) is 8.23. The summed E-state index contributed by atoms with van der Waals surface area (Å²) in [7, 11) is 1.66. The molecule has 4 aliphatic carbocycles. The SMILES string of the molecule is COc1nc2c(cc1CNC13CC4CC(C1)CC(n1ncnn1)(C4)C3)C(=O)N(C(C)C)C2. The first-order chi connectivity index (χ1) is 15.4. The van der Waals surface area contributed by atoms with Gasteiger partial charge in [-0.1, -0.05) is 0 Å². The van der Waals surface area contributed by atoms with Gasteiger partial charge in [-0.2, -0.15) is 4.80 Å². The topological polar surface area (TPSA) is 98.1 Å². The lowest BCUT2D eigenvalue weighted by Gasteiger charge is -2.61. The molecule has 9 heteroatoms. The molecule has 0 saturated heterocycles. The summed E-state index contributed by atoms with van der Waals surface area (Å²) < 4.78 is 5.64. The number of pyridine rings is 1. The summed E-state index contributed by atoms with van der Waals surface area (Å²) in [5.74, 6) is 2.07. The Morgan fingerprint density at radius 1 is 1.25 bits per heavy atom. The third-order valence-electron chi connectivity index (χ3n) is 8.23. The van der Waals surface area contributed by atoms with Crippen molar-refractivity contribution in [3.63, 3.8) is 0 Å². The molecule has 5 aliphatic rings. The number of carbonyl (C=O) groups excluding carboxylic acids is 1. The minimum Gasteiger partial charge on any atom is -0.481 e. The van der Waals surface area contributed by atoms with Gasteiger partial charge in [0.05, 0.1) is 30.5 Å². The highest BCUT2D eigenvalue weighted by atomic mass is 16.5. The average Bonchev–Trinajstić information content (AvgIpc) is 3.40. The molecule has 4 saturated carbocycles. The summed E-state index contributed by atoms with van der Waals surface area (Å²) in [6, 6.07) is 2.14. The summed E-state index contributed by atoms with van der Waals surface area (Å²) in [5, 5.41) is 16.7. The zero-order valence-electron chi connectivity index (χ0n) is 19.0. The molecule has 1 amide bonds. The van der Waals surface area contributed by atoms with Crippen molar-refractivity contribution in [3.05, 3.63) is 29.2 Å². The monoisotopic (exact) mass is 437 g/mol. The first-order valence-electron chi connectivity index (χ1n) is 11.8. The average molecular weight is 438 g/mol. The van der Waals surface area contributed by atoms with Crippen LogP contribution in [0.25, 0.3) is 0 Å². The van der Waals surface area contributed by atoms with Crippen molar-refractivity contribution in [1.82, 2.24) is 35.4 Å². The van der Waals surface area contributed by atoms with Crippen LogP contribution in [0.4, 0.5) is 0 Å². The number of nitrogens with zero attached hydrogens (tertiary/aromatic N) is 6. The molecular weight excluding hydrogens is 406 g/mol. The molecule has 4 fully saturated rings. The summed E-state index contributed by atoms with van der Waals surface area (Å²) in [4.78, 5) is 21.4. The molecule has 4 bridgehead atoms. The van der Waals surface area contributed by atoms with E-state index in [1.165, 1.54) is 19.3 Å². The number of carbonyl (C=O) groups is 1. The Labute approximate surface area is 187 Å². The Balaban J connectivity index is 1.27. The molecule has 2 aromatic heterocycles. The van der Waals surface area contributed by atoms with Gasteiger partial charge < -0.3 is 15.0 Å². The molecule has 9 nitrogen and oxygen atoms in total. The van der Waals surface area contributed by atoms with E-state index in [1.807, 2.05) is 29.6 Å². The smallest absolute Gasteiger partial charge is 0.256 e. The van der Waals surface area contributed by atoms with E-state index >= 15 is 0 Å². The maximum atomic E-state index is 12.9. The largest absolute Gasteiger partial charge is 0.481 e. The Morgan fingerprint density at radius 2 is 2.03 bits per heavy atom. The van der Waals surface area contributed by atoms with Crippen molar-refractivity contribution in [2.45, 2.75) is 82.6 Å². The number of rotatable bonds is 6. The van der Waals surface area contributed by atoms with Crippen LogP contribution < -0.4 is 10.1 Å². The fourth-order valence-electron chi connectivity index (χ4n) is 7.31. The number of ether oxygens (including phenoxy) is 1. The quantitative estimate of drug-likeness (QED) is 0.740. The highest BCUT2D eigenvalue weighted by Crippen LogP contribution is 2.60. The van der Waals surface area contributed by atoms with E-state index in [4.69, 9.17) is 9.72 Å². The molecule has 170 valence electrons. The zero-order valence-corrected chi connectivity index (χ0v) is 19.0. The Bertz CT molecular complexity index is 1040. The van der Waals surface area contributed by atoms with Crippen LogP contribution in [0.3, 0.4) is 0 Å². The first kappa shape index (κ1) is 20.1. The number of tetrazole rings is 1. The first-order valence-corrected chi connectivity index (χ1v) is 11.8. The minimum absolute atomic E-state index is 0.0262. The predicted octanol–water partition coefficient (Wildman–Crippen LogP) is 2.28. The molecule has 2 unspecified atom stereocenters. The Hall–Kier alpha value is -2.55. The van der Waals surface area contributed by atoms with Crippen molar-refractivity contribution in [2.75, 3.05) is 7.11 Å². The lowest BCUT2D eigenvalue weighted by molar-refractivity contribution is -0.0854. The summed E-state index contributed by atoms with van der Waals surface area (Å²) in [5.41, 5.74) is 2.51. The van der Waals surface area contributed by atoms with Gasteiger partial charge in [0.1, 0.15) is 0 Å². The minimum atomic E-state index is -0.0262. The van der Waals surface area contributed by atoms with Crippen LogP contribution in [-0.2, 0) is 18.6 Å². The number of aromatic nitrogens is 5. The van der Waals surface area contributed by atoms with Crippen LogP contribution in [0.15, 0.2) is 12.4 Å². The van der Waals surface area contributed by atoms with E-state index < -0.39 is 0 Å². The second kappa shape index (κ2) is 6.97. The fourth-order valence-corrected chi connectivity index (χ4v) is 7.31. The zero-order chi connectivity index (χ0) is 22.1. The van der Waals surface area contributed by atoms with E-state index in [0.717, 1.165) is 30.5 Å². The van der Waals surface area contributed by atoms with E-state index in [2.05, 4.69) is 20.7 Å². The molecule has 1 N–H and O–H groups in total. The molecule has 0 spiro atoms. The van der Waals surface area contributed by atoms with E-state index in [9.17, 15) is 4.79 Å². The van der Waals surface area contributed by atoms with Crippen molar-refractivity contribution < 1.29 is 9.53 Å². The van der Waals surface area contributed by atoms with Crippen LogP contribution >= 0.6 is 0 Å². The van der Waals surface area contributed by atoms with Gasteiger partial charge in [-0.25, -0.2) is 4.98 Å². The molecular formula is C23H31N7O2. The van der Waals surface area contributed by atoms with Crippen LogP contribution in [-0.4, -0.2) is 54.7 Å². The molecule has 0 radical (unpaired) electrons. The van der Waals surface area contributed by atoms with Crippen molar-refractivity contribution in [2.24, 2.45) is 11.8 Å². The van der Waals surface area contributed by atoms with Crippen molar-refractivity contribution >= 4 is 5.91 Å². The van der Waals surface area contributed by atoms with Crippen LogP contribution in [0.5, 0.6) is 5.88 Å². The number of hydrogen-bond acceptors (Lipinski definition) is 7. The van der Waals surface area contributed by atoms with Gasteiger partial charge >= 0.3 is 0 Å². The lowest BCUT2D eigenvalue weighted by atomic mass is 9.50. The molecule has 2 aromatic rings. The van der Waals surface area contributed by atoms with E-state index in [0.29, 0.717) is 36.4 Å². The van der Waals surface area contributed by atoms with Crippen molar-refractivity contribution in [3.8, 4) is 5.88 Å². The summed E-state index contributed by atoms with van der Waals surface area (Å²) in [6.07, 6.45) is 8.53. The van der Waals surface area contributed by atoms with E-state index in [1.54, 1.807) is 13.4 Å². The second-order valence-electron chi connectivity index (χ2n) is 10.7. The lowest BCUT2D eigenvalue weighted by Crippen LogP contribution is -2.65. The number of amides is 1. The van der Waals surface area contributed by atoms with Gasteiger partial charge in [0.2, 0.25) is 5.88 Å². The highest BCUT2D eigenvalue weighted by molar-refractivity contribution is 5.98. The van der Waals surface area contributed by atoms with Crippen LogP contribution in [0.2, 0.25) is 0 Å². The molecule has 0 aromatic carbocycles. The van der Waals surface area contributed by atoms with Gasteiger partial charge in [-0.15, -0.1) is 10.2 Å². The standard InChI is InChI=1S/C23H31N7O2/c1-14(2)29-11-19-18(21(29)31)5-17(20(27-19)32-3)10-24-22-6-15-4-16(7-22)9-23(8-15,12-22)30-26-13-25-28-30/h5,13-16,24H,4,6-12H2,1-3H3. The summed E-state index contributed by atoms with van der Waals surface area (Å²) >= 11 is 0. The molecule has 2 atom stereocenters. The second-order valence-corrected chi connectivity index (χ2v) is 10.7. The van der Waals surface area contributed by atoms with Crippen LogP contribution in [0, 0.1) is 11.8 Å². The number of fused-ring (bicyclic) bond motifs is 1. The fraction of sp³-hybridized carbons (Fsp3) is 0.696. The third kappa shape index (κ3) is 2.97. The van der Waals surface area contributed by atoms with Gasteiger partial charge in [0, 0.05) is 23.7 Å². The molecule has 7 rings (SSSR count). The Morgan fingerprint density at radius 3 is 2.69 bits per heavy atom. The van der Waals surface area contributed by atoms with E-state index in [-0.39, 0.29) is 23.0 Å². The van der Waals surface area contributed by atoms with Crippen LogP contribution in [0.1, 0.15) is 74.0 Å². The number of methoxy groups -OCH3 is 1. The van der Waals surface area contributed by atoms with Crippen molar-refractivity contribution in [1.29, 1.82) is 0 Å². The number of hydrogen-bond donors (Lipinski definition) is 1. The maximum Gasteiger partial charge on any atom is 0.256 e.